The highest BCUT2D eigenvalue weighted by Crippen LogP contribution is 2.61. The van der Waals surface area contributed by atoms with E-state index >= 15 is 0 Å². The van der Waals surface area contributed by atoms with Crippen LogP contribution in [0.1, 0.15) is 0 Å². The average molecular weight is 280 g/mol. The van der Waals surface area contributed by atoms with Gasteiger partial charge in [-0.25, -0.2) is 23.1 Å². The van der Waals surface area contributed by atoms with E-state index in [0.717, 1.165) is 18.7 Å². The van der Waals surface area contributed by atoms with Gasteiger partial charge in [0.2, 0.25) is 0 Å². The Bertz CT molecular complexity index is 493. The van der Waals surface area contributed by atoms with Crippen LogP contribution in [0.2, 0.25) is 0 Å². The molecule has 0 fully saturated rings. The molecule has 0 saturated carbocycles. The molecule has 1 heterocycles. The lowest BCUT2D eigenvalue weighted by molar-refractivity contribution is 0.304. The van der Waals surface area contributed by atoms with Crippen molar-refractivity contribution in [1.29, 1.82) is 5.41 Å². The molecule has 2 unspecified atom stereocenters. The van der Waals surface area contributed by atoms with Crippen LogP contribution in [0.25, 0.3) is 0 Å². The second-order valence-corrected chi connectivity index (χ2v) is 6.24. The van der Waals surface area contributed by atoms with Gasteiger partial charge in [0.15, 0.2) is 0 Å². The molecule has 1 aromatic rings. The number of hydrogen-bond acceptors (Lipinski definition) is 5. The molecule has 3 N–H and O–H groups in total. The molecule has 1 aromatic heterocycles. The van der Waals surface area contributed by atoms with Crippen LogP contribution in [-0.4, -0.2) is 30.1 Å². The number of aromatic nitrogens is 2. The Morgan fingerprint density at radius 2 is 2.18 bits per heavy atom. The van der Waals surface area contributed by atoms with E-state index in [4.69, 9.17) is 5.41 Å². The molecular formula is C6H10N4O5P2. The van der Waals surface area contributed by atoms with Crippen LogP contribution in [0.3, 0.4) is 0 Å². The summed E-state index contributed by atoms with van der Waals surface area (Å²) in [5.74, 6) is 0. The zero-order valence-corrected chi connectivity index (χ0v) is 10.2. The summed E-state index contributed by atoms with van der Waals surface area (Å²) in [6, 6.07) is 0. The van der Waals surface area contributed by atoms with Gasteiger partial charge in [0.25, 0.3) is 0 Å². The second kappa shape index (κ2) is 4.95. The monoisotopic (exact) mass is 280 g/mol. The van der Waals surface area contributed by atoms with Crippen LogP contribution in [0.15, 0.2) is 31.5 Å². The molecule has 0 aliphatic rings. The van der Waals surface area contributed by atoms with E-state index in [9.17, 15) is 18.9 Å². The Hall–Kier alpha value is -1.24. The van der Waals surface area contributed by atoms with Crippen molar-refractivity contribution in [3.63, 3.8) is 0 Å². The summed E-state index contributed by atoms with van der Waals surface area (Å²) in [5, 5.41) is 6.82. The van der Waals surface area contributed by atoms with Crippen molar-refractivity contribution in [2.45, 2.75) is 0 Å². The first-order valence-corrected chi connectivity index (χ1v) is 7.17. The van der Waals surface area contributed by atoms with E-state index in [1.807, 2.05) is 0 Å². The number of hydrogen-bond donors (Lipinski definition) is 3. The molecule has 1 rings (SSSR count). The largest absolute Gasteiger partial charge is 0.446 e. The fraction of sp³-hybridized carbons (Fsp3) is 0. The highest BCUT2D eigenvalue weighted by molar-refractivity contribution is 7.64. The molecule has 0 bridgehead atoms. The molecule has 17 heavy (non-hydrogen) atoms. The number of nitrogens with one attached hydrogen (secondary N) is 1. The maximum Gasteiger partial charge on any atom is 0.446 e. The summed E-state index contributed by atoms with van der Waals surface area (Å²) in [6.45, 7) is 3.16. The minimum absolute atomic E-state index is 0.382. The fourth-order valence-corrected chi connectivity index (χ4v) is 3.41. The van der Waals surface area contributed by atoms with Gasteiger partial charge < -0.3 is 9.79 Å². The van der Waals surface area contributed by atoms with Gasteiger partial charge in [-0.2, -0.15) is 4.31 Å². The van der Waals surface area contributed by atoms with Crippen molar-refractivity contribution in [1.82, 2.24) is 14.0 Å². The average Bonchev–Trinajstić information content (AvgIpc) is 2.70. The molecule has 0 aliphatic carbocycles. The van der Waals surface area contributed by atoms with Crippen LogP contribution >= 0.6 is 15.5 Å². The quantitative estimate of drug-likeness (QED) is 0.402. The Kier molecular flexibility index (Phi) is 4.03. The first kappa shape index (κ1) is 13.8. The van der Waals surface area contributed by atoms with Crippen molar-refractivity contribution in [3.8, 4) is 0 Å². The number of nitrogens with zero attached hydrogens (tertiary/aromatic N) is 3. The minimum atomic E-state index is -4.65. The molecule has 2 atom stereocenters. The smallest absolute Gasteiger partial charge is 0.307 e. The van der Waals surface area contributed by atoms with Crippen LogP contribution in [-0.2, 0) is 13.4 Å². The third-order valence-corrected chi connectivity index (χ3v) is 4.99. The summed E-state index contributed by atoms with van der Waals surface area (Å²) >= 11 is 0. The van der Waals surface area contributed by atoms with Gasteiger partial charge in [-0.15, -0.1) is 0 Å². The molecule has 0 amide bonds. The molecule has 0 aliphatic heterocycles. The summed E-state index contributed by atoms with van der Waals surface area (Å²) in [5.41, 5.74) is 0. The first-order chi connectivity index (χ1) is 7.83. The Morgan fingerprint density at radius 1 is 1.53 bits per heavy atom. The van der Waals surface area contributed by atoms with Crippen molar-refractivity contribution >= 4 is 21.8 Å². The Morgan fingerprint density at radius 3 is 2.59 bits per heavy atom. The van der Waals surface area contributed by atoms with Gasteiger partial charge in [-0.05, 0) is 0 Å². The summed E-state index contributed by atoms with van der Waals surface area (Å²) in [7, 11) is -9.21. The van der Waals surface area contributed by atoms with E-state index in [2.05, 4.69) is 15.9 Å². The van der Waals surface area contributed by atoms with Gasteiger partial charge in [0, 0.05) is 18.6 Å². The van der Waals surface area contributed by atoms with Crippen LogP contribution in [0, 0.1) is 5.41 Å². The van der Waals surface area contributed by atoms with Crippen LogP contribution in [0.4, 0.5) is 0 Å². The van der Waals surface area contributed by atoms with Crippen molar-refractivity contribution in [2.24, 2.45) is 0 Å². The number of imidazole rings is 1. The van der Waals surface area contributed by atoms with Gasteiger partial charge >= 0.3 is 15.5 Å². The highest BCUT2D eigenvalue weighted by Gasteiger charge is 2.37. The predicted octanol–water partition coefficient (Wildman–Crippen LogP) is 1.00. The SMILES string of the molecule is C=CN(C=N)P(=O)(O)OP(=O)(O)n1ccnc1. The maximum atomic E-state index is 11.6. The molecule has 0 radical (unpaired) electrons. The standard InChI is InChI=1S/C6H10N4O5P2/c1-2-9(5-7)16(11,12)15-17(13,14)10-4-3-8-6-10/h2-7H,1H2,(H,11,12)(H,13,14). The summed E-state index contributed by atoms with van der Waals surface area (Å²) < 4.78 is 28.5. The van der Waals surface area contributed by atoms with E-state index < -0.39 is 15.5 Å². The molecule has 0 spiro atoms. The highest BCUT2D eigenvalue weighted by atomic mass is 31.3. The molecule has 0 aromatic carbocycles. The molecule has 94 valence electrons. The summed E-state index contributed by atoms with van der Waals surface area (Å²) in [4.78, 5) is 22.3. The summed E-state index contributed by atoms with van der Waals surface area (Å²) in [6.07, 6.45) is 4.53. The van der Waals surface area contributed by atoms with E-state index in [0.29, 0.717) is 15.3 Å². The van der Waals surface area contributed by atoms with E-state index in [1.165, 1.54) is 6.20 Å². The molecular weight excluding hydrogens is 270 g/mol. The zero-order chi connectivity index (χ0) is 13.1. The van der Waals surface area contributed by atoms with Crippen molar-refractivity contribution < 1.29 is 23.2 Å². The van der Waals surface area contributed by atoms with Gasteiger partial charge in [0.05, 0.1) is 6.34 Å². The fourth-order valence-electron chi connectivity index (χ4n) is 0.853. The lowest BCUT2D eigenvalue weighted by Gasteiger charge is -2.22. The zero-order valence-electron chi connectivity index (χ0n) is 8.45. The normalized spacial score (nSPS) is 17.8. The Labute approximate surface area is 96.7 Å². The number of rotatable bonds is 6. The van der Waals surface area contributed by atoms with Crippen LogP contribution in [0.5, 0.6) is 0 Å². The van der Waals surface area contributed by atoms with Gasteiger partial charge in [-0.1, -0.05) is 6.58 Å². The molecule has 9 nitrogen and oxygen atoms in total. The lowest BCUT2D eigenvalue weighted by Crippen LogP contribution is -2.12. The third-order valence-electron chi connectivity index (χ3n) is 1.61. The maximum absolute atomic E-state index is 11.6. The minimum Gasteiger partial charge on any atom is -0.307 e. The van der Waals surface area contributed by atoms with Crippen molar-refractivity contribution in [2.75, 3.05) is 0 Å². The second-order valence-electron chi connectivity index (χ2n) is 2.70. The van der Waals surface area contributed by atoms with Crippen LogP contribution < -0.4 is 0 Å². The third kappa shape index (κ3) is 3.12. The molecule has 0 saturated heterocycles. The van der Waals surface area contributed by atoms with E-state index in [-0.39, 0.29) is 0 Å². The topological polar surface area (TPSA) is 129 Å². The van der Waals surface area contributed by atoms with Crippen molar-refractivity contribution in [3.05, 3.63) is 31.5 Å². The molecule has 11 heteroatoms. The van der Waals surface area contributed by atoms with Gasteiger partial charge in [-0.3, -0.25) is 5.41 Å². The van der Waals surface area contributed by atoms with Gasteiger partial charge in [0.1, 0.15) is 6.33 Å². The van der Waals surface area contributed by atoms with E-state index in [1.54, 1.807) is 0 Å². The Balaban J connectivity index is 2.98. The predicted molar refractivity (Wildman–Crippen MR) is 59.2 cm³/mol. The first-order valence-electron chi connectivity index (χ1n) is 4.11. The lowest BCUT2D eigenvalue weighted by atomic mass is 11.0.